The zero-order valence-electron chi connectivity index (χ0n) is 10.1. The topological polar surface area (TPSA) is 25.2 Å². The highest BCUT2D eigenvalue weighted by molar-refractivity contribution is 5.29. The van der Waals surface area contributed by atoms with Crippen LogP contribution in [-0.2, 0) is 13.0 Å². The largest absolute Gasteiger partial charge is 0.388 e. The van der Waals surface area contributed by atoms with Gasteiger partial charge in [0.2, 0.25) is 0 Å². The molecule has 3 rings (SSSR count). The predicted octanol–water partition coefficient (Wildman–Crippen LogP) is 3.05. The van der Waals surface area contributed by atoms with Crippen LogP contribution in [-0.4, -0.2) is 9.67 Å². The highest BCUT2D eigenvalue weighted by atomic mass is 19.1. The van der Waals surface area contributed by atoms with Crippen LogP contribution in [0.25, 0.3) is 0 Å². The molecule has 2 aromatic rings. The third-order valence-electron chi connectivity index (χ3n) is 3.61. The minimum absolute atomic E-state index is 0.200. The average Bonchev–Trinajstić information content (AvgIpc) is 2.74. The third kappa shape index (κ3) is 2.06. The zero-order chi connectivity index (χ0) is 12.5. The highest BCUT2D eigenvalue weighted by Crippen LogP contribution is 2.30. The Labute approximate surface area is 106 Å². The van der Waals surface area contributed by atoms with Crippen molar-refractivity contribution in [3.8, 4) is 0 Å². The van der Waals surface area contributed by atoms with Crippen molar-refractivity contribution in [2.45, 2.75) is 31.9 Å². The third-order valence-corrected chi connectivity index (χ3v) is 3.61. The summed E-state index contributed by atoms with van der Waals surface area (Å²) in [6, 6.07) is 8.66. The van der Waals surface area contributed by atoms with E-state index in [2.05, 4.69) is 4.57 Å². The van der Waals surface area contributed by atoms with Crippen LogP contribution in [0.4, 0.5) is 4.39 Å². The lowest BCUT2D eigenvalue weighted by Gasteiger charge is -2.20. The molecule has 0 saturated heterocycles. The maximum absolute atomic E-state index is 13.1. The van der Waals surface area contributed by atoms with Gasteiger partial charge in [0.05, 0.1) is 6.10 Å². The van der Waals surface area contributed by atoms with Crippen LogP contribution < -0.4 is 0 Å². The van der Waals surface area contributed by atoms with Crippen LogP contribution in [0.15, 0.2) is 36.5 Å². The molecule has 18 heavy (non-hydrogen) atoms. The molecule has 1 aliphatic rings. The smallest absolute Gasteiger partial charge is 0.123 e. The Morgan fingerprint density at radius 1 is 1.33 bits per heavy atom. The van der Waals surface area contributed by atoms with Crippen LogP contribution >= 0.6 is 0 Å². The highest BCUT2D eigenvalue weighted by Gasteiger charge is 2.20. The molecule has 1 heterocycles. The monoisotopic (exact) mass is 245 g/mol. The second-order valence-corrected chi connectivity index (χ2v) is 4.88. The number of hydrogen-bond acceptors (Lipinski definition) is 1. The number of nitrogens with zero attached hydrogens (tertiary/aromatic N) is 1. The standard InChI is InChI=1S/C15H16FNO/c16-12-4-1-3-11(9-12)10-17-8-7-13-14(17)5-2-6-15(13)18/h1,3-4,7-9,15,18H,2,5-6,10H2. The minimum atomic E-state index is -0.331. The molecule has 1 N–H and O–H groups in total. The van der Waals surface area contributed by atoms with E-state index in [0.717, 1.165) is 30.4 Å². The fraction of sp³-hybridized carbons (Fsp3) is 0.333. The van der Waals surface area contributed by atoms with Gasteiger partial charge in [0.1, 0.15) is 5.82 Å². The predicted molar refractivity (Wildman–Crippen MR) is 67.8 cm³/mol. The van der Waals surface area contributed by atoms with Crippen LogP contribution in [0.3, 0.4) is 0 Å². The van der Waals surface area contributed by atoms with Gasteiger partial charge in [-0.15, -0.1) is 0 Å². The molecule has 1 unspecified atom stereocenters. The maximum Gasteiger partial charge on any atom is 0.123 e. The summed E-state index contributed by atoms with van der Waals surface area (Å²) in [7, 11) is 0. The van der Waals surface area contributed by atoms with E-state index >= 15 is 0 Å². The fourth-order valence-corrected chi connectivity index (χ4v) is 2.71. The maximum atomic E-state index is 13.1. The molecule has 0 aliphatic heterocycles. The first kappa shape index (κ1) is 11.5. The number of benzene rings is 1. The normalized spacial score (nSPS) is 18.7. The van der Waals surface area contributed by atoms with Crippen molar-refractivity contribution in [2.24, 2.45) is 0 Å². The van der Waals surface area contributed by atoms with Gasteiger partial charge in [-0.05, 0) is 43.0 Å². The van der Waals surface area contributed by atoms with Crippen molar-refractivity contribution < 1.29 is 9.50 Å². The first-order chi connectivity index (χ1) is 8.74. The number of aliphatic hydroxyl groups is 1. The minimum Gasteiger partial charge on any atom is -0.388 e. The lowest BCUT2D eigenvalue weighted by molar-refractivity contribution is 0.156. The summed E-state index contributed by atoms with van der Waals surface area (Å²) in [6.07, 6.45) is 4.51. The number of halogens is 1. The van der Waals surface area contributed by atoms with Crippen LogP contribution in [0.2, 0.25) is 0 Å². The Bertz CT molecular complexity index is 561. The quantitative estimate of drug-likeness (QED) is 0.864. The molecule has 2 nitrogen and oxygen atoms in total. The van der Waals surface area contributed by atoms with Gasteiger partial charge >= 0.3 is 0 Å². The van der Waals surface area contributed by atoms with E-state index in [1.54, 1.807) is 12.1 Å². The Hall–Kier alpha value is -1.61. The van der Waals surface area contributed by atoms with Gasteiger partial charge in [-0.25, -0.2) is 4.39 Å². The SMILES string of the molecule is OC1CCCc2c1ccn2Cc1cccc(F)c1. The Morgan fingerprint density at radius 2 is 2.22 bits per heavy atom. The number of aliphatic hydroxyl groups excluding tert-OH is 1. The summed E-state index contributed by atoms with van der Waals surface area (Å²) in [5.74, 6) is -0.200. The molecule has 0 fully saturated rings. The first-order valence-corrected chi connectivity index (χ1v) is 6.34. The molecule has 0 spiro atoms. The molecular weight excluding hydrogens is 229 g/mol. The van der Waals surface area contributed by atoms with Crippen LogP contribution in [0.1, 0.15) is 35.8 Å². The Balaban J connectivity index is 1.90. The van der Waals surface area contributed by atoms with Gasteiger partial charge in [0.25, 0.3) is 0 Å². The van der Waals surface area contributed by atoms with E-state index in [9.17, 15) is 9.50 Å². The molecular formula is C15H16FNO. The summed E-state index contributed by atoms with van der Waals surface area (Å²) in [4.78, 5) is 0. The summed E-state index contributed by atoms with van der Waals surface area (Å²) >= 11 is 0. The van der Waals surface area contributed by atoms with E-state index in [1.165, 1.54) is 11.8 Å². The number of hydrogen-bond donors (Lipinski definition) is 1. The average molecular weight is 245 g/mol. The zero-order valence-corrected chi connectivity index (χ0v) is 10.1. The molecule has 3 heteroatoms. The molecule has 0 bridgehead atoms. The van der Waals surface area contributed by atoms with Crippen molar-refractivity contribution in [3.63, 3.8) is 0 Å². The molecule has 94 valence electrons. The van der Waals surface area contributed by atoms with E-state index < -0.39 is 0 Å². The van der Waals surface area contributed by atoms with Gasteiger partial charge in [-0.3, -0.25) is 0 Å². The molecule has 1 aliphatic carbocycles. The Morgan fingerprint density at radius 3 is 3.06 bits per heavy atom. The molecule has 1 atom stereocenters. The van der Waals surface area contributed by atoms with E-state index in [-0.39, 0.29) is 11.9 Å². The molecule has 0 amide bonds. The van der Waals surface area contributed by atoms with Gasteiger partial charge in [0.15, 0.2) is 0 Å². The Kier molecular flexibility index (Phi) is 2.92. The van der Waals surface area contributed by atoms with Crippen LogP contribution in [0.5, 0.6) is 0 Å². The lowest BCUT2D eigenvalue weighted by Crippen LogP contribution is -2.12. The molecule has 1 aromatic heterocycles. The van der Waals surface area contributed by atoms with Crippen molar-refractivity contribution >= 4 is 0 Å². The first-order valence-electron chi connectivity index (χ1n) is 6.34. The summed E-state index contributed by atoms with van der Waals surface area (Å²) < 4.78 is 15.3. The van der Waals surface area contributed by atoms with E-state index in [1.807, 2.05) is 18.3 Å². The summed E-state index contributed by atoms with van der Waals surface area (Å²) in [5, 5.41) is 9.91. The molecule has 0 saturated carbocycles. The number of fused-ring (bicyclic) bond motifs is 1. The van der Waals surface area contributed by atoms with Crippen molar-refractivity contribution in [1.29, 1.82) is 0 Å². The second kappa shape index (κ2) is 4.58. The van der Waals surface area contributed by atoms with Crippen molar-refractivity contribution in [1.82, 2.24) is 4.57 Å². The van der Waals surface area contributed by atoms with E-state index in [4.69, 9.17) is 0 Å². The van der Waals surface area contributed by atoms with Crippen LogP contribution in [0, 0.1) is 5.82 Å². The number of rotatable bonds is 2. The summed E-state index contributed by atoms with van der Waals surface area (Å²) in [6.45, 7) is 0.666. The number of aromatic nitrogens is 1. The molecule has 1 aromatic carbocycles. The van der Waals surface area contributed by atoms with Gasteiger partial charge in [0, 0.05) is 24.0 Å². The lowest BCUT2D eigenvalue weighted by atomic mass is 9.95. The fourth-order valence-electron chi connectivity index (χ4n) is 2.71. The van der Waals surface area contributed by atoms with Gasteiger partial charge < -0.3 is 9.67 Å². The second-order valence-electron chi connectivity index (χ2n) is 4.88. The van der Waals surface area contributed by atoms with Crippen molar-refractivity contribution in [2.75, 3.05) is 0 Å². The van der Waals surface area contributed by atoms with E-state index in [0.29, 0.717) is 6.54 Å². The molecule has 0 radical (unpaired) electrons. The van der Waals surface area contributed by atoms with Gasteiger partial charge in [-0.1, -0.05) is 12.1 Å². The summed E-state index contributed by atoms with van der Waals surface area (Å²) in [5.41, 5.74) is 3.18. The van der Waals surface area contributed by atoms with Crippen molar-refractivity contribution in [3.05, 3.63) is 59.2 Å². The van der Waals surface area contributed by atoms with Gasteiger partial charge in [-0.2, -0.15) is 0 Å².